The lowest BCUT2D eigenvalue weighted by Gasteiger charge is -2.33. The van der Waals surface area contributed by atoms with Gasteiger partial charge in [-0.15, -0.1) is 0 Å². The zero-order valence-corrected chi connectivity index (χ0v) is 18.0. The highest BCUT2D eigenvalue weighted by Crippen LogP contribution is 2.28. The summed E-state index contributed by atoms with van der Waals surface area (Å²) < 4.78 is 28.0. The fourth-order valence-corrected chi connectivity index (χ4v) is 5.46. The Morgan fingerprint density at radius 3 is 2.21 bits per heavy atom. The first-order valence-electron chi connectivity index (χ1n) is 10.3. The highest BCUT2D eigenvalue weighted by Gasteiger charge is 2.33. The zero-order valence-electron chi connectivity index (χ0n) is 17.2. The average Bonchev–Trinajstić information content (AvgIpc) is 2.73. The predicted octanol–water partition coefficient (Wildman–Crippen LogP) is 4.77. The topological polar surface area (TPSA) is 66.5 Å². The molecule has 1 fully saturated rings. The van der Waals surface area contributed by atoms with E-state index in [0.29, 0.717) is 11.6 Å². The zero-order chi connectivity index (χ0) is 20.9. The summed E-state index contributed by atoms with van der Waals surface area (Å²) in [4.78, 5) is 13.0. The molecule has 1 N–H and O–H groups in total. The van der Waals surface area contributed by atoms with E-state index < -0.39 is 10.0 Å². The number of anilines is 1. The molecule has 6 heteroatoms. The van der Waals surface area contributed by atoms with Crippen LogP contribution >= 0.6 is 0 Å². The van der Waals surface area contributed by atoms with Crippen LogP contribution in [0.2, 0.25) is 0 Å². The Morgan fingerprint density at radius 1 is 1.00 bits per heavy atom. The quantitative estimate of drug-likeness (QED) is 0.709. The molecule has 0 saturated heterocycles. The van der Waals surface area contributed by atoms with Gasteiger partial charge in [0.05, 0.1) is 11.4 Å². The number of carbonyl (C=O) groups is 1. The average molecular weight is 415 g/mol. The van der Waals surface area contributed by atoms with Crippen molar-refractivity contribution in [1.82, 2.24) is 4.31 Å². The molecule has 2 aromatic rings. The van der Waals surface area contributed by atoms with Crippen molar-refractivity contribution in [2.24, 2.45) is 0 Å². The van der Waals surface area contributed by atoms with Gasteiger partial charge in [0.25, 0.3) is 0 Å². The van der Waals surface area contributed by atoms with Crippen molar-refractivity contribution in [1.29, 1.82) is 0 Å². The van der Waals surface area contributed by atoms with Gasteiger partial charge >= 0.3 is 0 Å². The third-order valence-electron chi connectivity index (χ3n) is 5.49. The van der Waals surface area contributed by atoms with Crippen LogP contribution in [0.3, 0.4) is 0 Å². The Hall–Kier alpha value is -2.18. The summed E-state index contributed by atoms with van der Waals surface area (Å²) in [5.41, 5.74) is 1.87. The SMILES string of the molecule is CC(C)c1ccc(NC(=O)CN(C2CCCCC2)S(=O)(=O)c2ccccc2)cc1. The fourth-order valence-electron chi connectivity index (χ4n) is 3.80. The number of nitrogens with zero attached hydrogens (tertiary/aromatic N) is 1. The van der Waals surface area contributed by atoms with Crippen LogP contribution in [-0.4, -0.2) is 31.2 Å². The molecule has 0 aromatic heterocycles. The molecular weight excluding hydrogens is 384 g/mol. The number of amides is 1. The number of sulfonamides is 1. The van der Waals surface area contributed by atoms with Gasteiger partial charge < -0.3 is 5.32 Å². The van der Waals surface area contributed by atoms with Crippen molar-refractivity contribution in [3.63, 3.8) is 0 Å². The van der Waals surface area contributed by atoms with Crippen LogP contribution in [0.15, 0.2) is 59.5 Å². The number of carbonyl (C=O) groups excluding carboxylic acids is 1. The maximum Gasteiger partial charge on any atom is 0.243 e. The van der Waals surface area contributed by atoms with Crippen LogP contribution in [-0.2, 0) is 14.8 Å². The van der Waals surface area contributed by atoms with Gasteiger partial charge in [-0.3, -0.25) is 4.79 Å². The molecule has 3 rings (SSSR count). The number of nitrogens with one attached hydrogen (secondary N) is 1. The molecule has 0 spiro atoms. The van der Waals surface area contributed by atoms with Crippen molar-refractivity contribution in [3.8, 4) is 0 Å². The van der Waals surface area contributed by atoms with Crippen LogP contribution in [0.4, 0.5) is 5.69 Å². The van der Waals surface area contributed by atoms with E-state index in [4.69, 9.17) is 0 Å². The summed E-state index contributed by atoms with van der Waals surface area (Å²) in [6.07, 6.45) is 4.68. The lowest BCUT2D eigenvalue weighted by Crippen LogP contribution is -2.45. The third kappa shape index (κ3) is 5.46. The number of rotatable bonds is 7. The van der Waals surface area contributed by atoms with Gasteiger partial charge in [0.1, 0.15) is 0 Å². The second kappa shape index (κ2) is 9.55. The normalized spacial score (nSPS) is 15.6. The van der Waals surface area contributed by atoms with E-state index in [1.54, 1.807) is 30.3 Å². The highest BCUT2D eigenvalue weighted by molar-refractivity contribution is 7.89. The Labute approximate surface area is 174 Å². The molecule has 5 nitrogen and oxygen atoms in total. The first-order valence-corrected chi connectivity index (χ1v) is 11.8. The predicted molar refractivity (Wildman–Crippen MR) is 116 cm³/mol. The molecule has 0 atom stereocenters. The van der Waals surface area contributed by atoms with Crippen LogP contribution in [0.25, 0.3) is 0 Å². The maximum absolute atomic E-state index is 13.3. The second-order valence-corrected chi connectivity index (χ2v) is 9.87. The molecule has 0 unspecified atom stereocenters. The van der Waals surface area contributed by atoms with Crippen molar-refractivity contribution in [2.45, 2.75) is 62.8 Å². The van der Waals surface area contributed by atoms with Gasteiger partial charge in [0.15, 0.2) is 0 Å². The number of hydrogen-bond donors (Lipinski definition) is 1. The van der Waals surface area contributed by atoms with E-state index in [9.17, 15) is 13.2 Å². The molecular formula is C23H30N2O3S. The lowest BCUT2D eigenvalue weighted by atomic mass is 9.95. The van der Waals surface area contributed by atoms with Gasteiger partial charge in [-0.2, -0.15) is 4.31 Å². The Kier molecular flexibility index (Phi) is 7.09. The molecule has 1 saturated carbocycles. The molecule has 2 aromatic carbocycles. The smallest absolute Gasteiger partial charge is 0.243 e. The van der Waals surface area contributed by atoms with Gasteiger partial charge in [0.2, 0.25) is 15.9 Å². The minimum atomic E-state index is -3.73. The molecule has 0 radical (unpaired) electrons. The summed E-state index contributed by atoms with van der Waals surface area (Å²) in [5.74, 6) is 0.102. The van der Waals surface area contributed by atoms with E-state index >= 15 is 0 Å². The van der Waals surface area contributed by atoms with Crippen molar-refractivity contribution in [2.75, 3.05) is 11.9 Å². The van der Waals surface area contributed by atoms with E-state index in [0.717, 1.165) is 32.1 Å². The fraction of sp³-hybridized carbons (Fsp3) is 0.435. The van der Waals surface area contributed by atoms with Gasteiger partial charge in [-0.25, -0.2) is 8.42 Å². The monoisotopic (exact) mass is 414 g/mol. The second-order valence-electron chi connectivity index (χ2n) is 7.98. The van der Waals surface area contributed by atoms with Crippen molar-refractivity contribution >= 4 is 21.6 Å². The third-order valence-corrected chi connectivity index (χ3v) is 7.40. The van der Waals surface area contributed by atoms with Crippen LogP contribution in [0.1, 0.15) is 57.4 Å². The van der Waals surface area contributed by atoms with E-state index in [2.05, 4.69) is 19.2 Å². The molecule has 0 bridgehead atoms. The van der Waals surface area contributed by atoms with E-state index in [1.165, 1.54) is 9.87 Å². The molecule has 29 heavy (non-hydrogen) atoms. The van der Waals surface area contributed by atoms with Crippen molar-refractivity contribution in [3.05, 3.63) is 60.2 Å². The largest absolute Gasteiger partial charge is 0.325 e. The molecule has 1 aliphatic rings. The van der Waals surface area contributed by atoms with Gasteiger partial charge in [-0.05, 0) is 48.6 Å². The molecule has 1 amide bonds. The van der Waals surface area contributed by atoms with E-state index in [1.807, 2.05) is 24.3 Å². The summed E-state index contributed by atoms with van der Waals surface area (Å²) in [5, 5.41) is 2.86. The summed E-state index contributed by atoms with van der Waals surface area (Å²) in [6, 6.07) is 16.0. The van der Waals surface area contributed by atoms with E-state index in [-0.39, 0.29) is 23.4 Å². The first-order chi connectivity index (χ1) is 13.9. The van der Waals surface area contributed by atoms with Crippen LogP contribution in [0.5, 0.6) is 0 Å². The number of hydrogen-bond acceptors (Lipinski definition) is 3. The lowest BCUT2D eigenvalue weighted by molar-refractivity contribution is -0.116. The molecule has 156 valence electrons. The minimum absolute atomic E-state index is 0.136. The minimum Gasteiger partial charge on any atom is -0.325 e. The molecule has 0 aliphatic heterocycles. The summed E-state index contributed by atoms with van der Waals surface area (Å²) in [6.45, 7) is 4.06. The van der Waals surface area contributed by atoms with Gasteiger partial charge in [-0.1, -0.05) is 63.4 Å². The Balaban J connectivity index is 1.78. The van der Waals surface area contributed by atoms with Gasteiger partial charge in [0, 0.05) is 11.7 Å². The Bertz CT molecular complexity index is 903. The first kappa shape index (κ1) is 21.5. The summed E-state index contributed by atoms with van der Waals surface area (Å²) in [7, 11) is -3.73. The van der Waals surface area contributed by atoms with Crippen molar-refractivity contribution < 1.29 is 13.2 Å². The highest BCUT2D eigenvalue weighted by atomic mass is 32.2. The molecule has 1 aliphatic carbocycles. The Morgan fingerprint density at radius 2 is 1.62 bits per heavy atom. The van der Waals surface area contributed by atoms with Crippen LogP contribution in [0, 0.1) is 0 Å². The van der Waals surface area contributed by atoms with Crippen LogP contribution < -0.4 is 5.32 Å². The standard InChI is InChI=1S/C23H30N2O3S/c1-18(2)19-13-15-20(16-14-19)24-23(26)17-25(21-9-5-3-6-10-21)29(27,28)22-11-7-4-8-12-22/h4,7-8,11-16,18,21H,3,5-6,9-10,17H2,1-2H3,(H,24,26). The summed E-state index contributed by atoms with van der Waals surface area (Å²) >= 11 is 0. The maximum atomic E-state index is 13.3. The molecule has 0 heterocycles. The number of benzene rings is 2.